The van der Waals surface area contributed by atoms with Crippen LogP contribution in [0.5, 0.6) is 0 Å². The molecule has 2 aliphatic carbocycles. The highest BCUT2D eigenvalue weighted by molar-refractivity contribution is 7.09. The average molecular weight is 307 g/mol. The lowest BCUT2D eigenvalue weighted by atomic mass is 9.82. The van der Waals surface area contributed by atoms with Crippen molar-refractivity contribution in [3.8, 4) is 0 Å². The number of thiophene rings is 1. The van der Waals surface area contributed by atoms with Crippen molar-refractivity contribution < 1.29 is 0 Å². The van der Waals surface area contributed by atoms with Gasteiger partial charge in [-0.25, -0.2) is 0 Å². The minimum atomic E-state index is 0.249. The zero-order chi connectivity index (χ0) is 14.9. The van der Waals surface area contributed by atoms with Crippen molar-refractivity contribution in [2.24, 2.45) is 11.1 Å². The van der Waals surface area contributed by atoms with Crippen molar-refractivity contribution in [2.45, 2.75) is 76.9 Å². The van der Waals surface area contributed by atoms with E-state index >= 15 is 0 Å². The summed E-state index contributed by atoms with van der Waals surface area (Å²) in [6.07, 6.45) is 9.31. The Labute approximate surface area is 133 Å². The molecular weight excluding hydrogens is 276 g/mol. The number of rotatable bonds is 5. The lowest BCUT2D eigenvalue weighted by Gasteiger charge is -2.44. The van der Waals surface area contributed by atoms with Crippen LogP contribution in [-0.4, -0.2) is 23.0 Å². The van der Waals surface area contributed by atoms with Gasteiger partial charge in [-0.1, -0.05) is 26.3 Å². The smallest absolute Gasteiger partial charge is 0.0338 e. The summed E-state index contributed by atoms with van der Waals surface area (Å²) in [5.74, 6) is 0. The Kier molecular flexibility index (Phi) is 4.45. The molecule has 0 bridgehead atoms. The average Bonchev–Trinajstić information content (AvgIpc) is 3.19. The Morgan fingerprint density at radius 3 is 2.67 bits per heavy atom. The summed E-state index contributed by atoms with van der Waals surface area (Å²) in [6.45, 7) is 6.80. The molecule has 2 nitrogen and oxygen atoms in total. The predicted octanol–water partition coefficient (Wildman–Crippen LogP) is 4.40. The molecule has 1 unspecified atom stereocenters. The molecule has 2 aliphatic rings. The topological polar surface area (TPSA) is 29.3 Å². The number of nitrogens with zero attached hydrogens (tertiary/aromatic N) is 1. The molecule has 0 saturated heterocycles. The minimum Gasteiger partial charge on any atom is -0.329 e. The Bertz CT molecular complexity index is 450. The van der Waals surface area contributed by atoms with Crippen molar-refractivity contribution in [3.05, 3.63) is 22.4 Å². The highest BCUT2D eigenvalue weighted by atomic mass is 32.1. The summed E-state index contributed by atoms with van der Waals surface area (Å²) in [5.41, 5.74) is 7.10. The summed E-state index contributed by atoms with van der Waals surface area (Å²) in [7, 11) is 0. The van der Waals surface area contributed by atoms with Gasteiger partial charge in [-0.05, 0) is 55.4 Å². The van der Waals surface area contributed by atoms with Gasteiger partial charge in [0.15, 0.2) is 0 Å². The van der Waals surface area contributed by atoms with Crippen LogP contribution in [0.25, 0.3) is 0 Å². The van der Waals surface area contributed by atoms with Crippen LogP contribution in [-0.2, 0) is 6.54 Å². The van der Waals surface area contributed by atoms with Gasteiger partial charge in [0.2, 0.25) is 0 Å². The summed E-state index contributed by atoms with van der Waals surface area (Å²) in [6, 6.07) is 5.25. The van der Waals surface area contributed by atoms with E-state index in [1.54, 1.807) is 0 Å². The maximum absolute atomic E-state index is 6.35. The molecule has 2 N–H and O–H groups in total. The summed E-state index contributed by atoms with van der Waals surface area (Å²) >= 11 is 1.89. The van der Waals surface area contributed by atoms with Gasteiger partial charge >= 0.3 is 0 Å². The SMILES string of the molecule is CC1(C)CCCC(CN)(N(Cc2cccs2)C2CC2)CC1. The molecule has 1 aromatic heterocycles. The van der Waals surface area contributed by atoms with E-state index in [0.29, 0.717) is 5.41 Å². The largest absolute Gasteiger partial charge is 0.329 e. The molecule has 0 spiro atoms. The molecule has 0 aromatic carbocycles. The van der Waals surface area contributed by atoms with Crippen molar-refractivity contribution >= 4 is 11.3 Å². The van der Waals surface area contributed by atoms with Crippen LogP contribution in [0.15, 0.2) is 17.5 Å². The second-order valence-corrected chi connectivity index (χ2v) is 8.92. The molecule has 21 heavy (non-hydrogen) atoms. The minimum absolute atomic E-state index is 0.249. The Balaban J connectivity index is 1.80. The van der Waals surface area contributed by atoms with Gasteiger partial charge < -0.3 is 5.73 Å². The third-order valence-corrected chi connectivity index (χ3v) is 6.51. The Morgan fingerprint density at radius 2 is 2.05 bits per heavy atom. The lowest BCUT2D eigenvalue weighted by Crippen LogP contribution is -2.54. The molecule has 1 atom stereocenters. The van der Waals surface area contributed by atoms with E-state index in [9.17, 15) is 0 Å². The third-order valence-electron chi connectivity index (χ3n) is 5.65. The van der Waals surface area contributed by atoms with E-state index < -0.39 is 0 Å². The first-order valence-electron chi connectivity index (χ1n) is 8.54. The van der Waals surface area contributed by atoms with Gasteiger partial charge in [-0.2, -0.15) is 0 Å². The monoisotopic (exact) mass is 306 g/mol. The van der Waals surface area contributed by atoms with Crippen molar-refractivity contribution in [3.63, 3.8) is 0 Å². The van der Waals surface area contributed by atoms with Crippen molar-refractivity contribution in [1.29, 1.82) is 0 Å². The fraction of sp³-hybridized carbons (Fsp3) is 0.778. The van der Waals surface area contributed by atoms with Crippen LogP contribution >= 0.6 is 11.3 Å². The van der Waals surface area contributed by atoms with Crippen molar-refractivity contribution in [2.75, 3.05) is 6.54 Å². The zero-order valence-corrected chi connectivity index (χ0v) is 14.4. The molecule has 3 rings (SSSR count). The number of nitrogens with two attached hydrogens (primary N) is 1. The predicted molar refractivity (Wildman–Crippen MR) is 91.5 cm³/mol. The van der Waals surface area contributed by atoms with E-state index in [1.807, 2.05) is 11.3 Å². The van der Waals surface area contributed by atoms with Gasteiger partial charge in [0.1, 0.15) is 0 Å². The van der Waals surface area contributed by atoms with Gasteiger partial charge in [-0.15, -0.1) is 11.3 Å². The Morgan fingerprint density at radius 1 is 1.24 bits per heavy atom. The molecule has 2 saturated carbocycles. The molecule has 0 aliphatic heterocycles. The van der Waals surface area contributed by atoms with Gasteiger partial charge in [0.25, 0.3) is 0 Å². The quantitative estimate of drug-likeness (QED) is 0.817. The maximum atomic E-state index is 6.35. The maximum Gasteiger partial charge on any atom is 0.0338 e. The standard InChI is InChI=1S/C18H30N2S/c1-17(2)8-4-9-18(14-19,11-10-17)20(15-6-7-15)13-16-5-3-12-21-16/h3,5,12,15H,4,6-11,13-14,19H2,1-2H3. The van der Waals surface area contributed by atoms with Gasteiger partial charge in [0.05, 0.1) is 0 Å². The highest BCUT2D eigenvalue weighted by Gasteiger charge is 2.45. The van der Waals surface area contributed by atoms with Crippen LogP contribution in [0, 0.1) is 5.41 Å². The molecule has 1 aromatic rings. The second kappa shape index (κ2) is 6.02. The first kappa shape index (κ1) is 15.5. The third kappa shape index (κ3) is 3.52. The molecular formula is C18H30N2S. The molecule has 2 fully saturated rings. The van der Waals surface area contributed by atoms with E-state index in [0.717, 1.165) is 19.1 Å². The van der Waals surface area contributed by atoms with Crippen LogP contribution in [0.1, 0.15) is 63.7 Å². The first-order chi connectivity index (χ1) is 10.0. The fourth-order valence-corrected chi connectivity index (χ4v) is 4.67. The summed E-state index contributed by atoms with van der Waals surface area (Å²) in [5, 5.41) is 2.20. The van der Waals surface area contributed by atoms with Crippen molar-refractivity contribution in [1.82, 2.24) is 4.90 Å². The molecule has 118 valence electrons. The van der Waals surface area contributed by atoms with Crippen LogP contribution < -0.4 is 5.73 Å². The number of hydrogen-bond acceptors (Lipinski definition) is 3. The van der Waals surface area contributed by atoms with E-state index in [1.165, 1.54) is 49.8 Å². The van der Waals surface area contributed by atoms with Crippen LogP contribution in [0.4, 0.5) is 0 Å². The summed E-state index contributed by atoms with van der Waals surface area (Å²) < 4.78 is 0. The van der Waals surface area contributed by atoms with E-state index in [-0.39, 0.29) is 5.54 Å². The van der Waals surface area contributed by atoms with Gasteiger partial charge in [-0.3, -0.25) is 4.90 Å². The van der Waals surface area contributed by atoms with E-state index in [4.69, 9.17) is 5.73 Å². The lowest BCUT2D eigenvalue weighted by molar-refractivity contribution is 0.0595. The first-order valence-corrected chi connectivity index (χ1v) is 9.42. The highest BCUT2D eigenvalue weighted by Crippen LogP contribution is 2.44. The van der Waals surface area contributed by atoms with Crippen LogP contribution in [0.2, 0.25) is 0 Å². The fourth-order valence-electron chi connectivity index (χ4n) is 3.97. The molecule has 0 amide bonds. The van der Waals surface area contributed by atoms with Crippen LogP contribution in [0.3, 0.4) is 0 Å². The Hall–Kier alpha value is -0.380. The molecule has 0 radical (unpaired) electrons. The van der Waals surface area contributed by atoms with E-state index in [2.05, 4.69) is 36.3 Å². The number of hydrogen-bond donors (Lipinski definition) is 1. The van der Waals surface area contributed by atoms with Gasteiger partial charge in [0, 0.05) is 29.5 Å². The molecule has 1 heterocycles. The summed E-state index contributed by atoms with van der Waals surface area (Å²) in [4.78, 5) is 4.29. The second-order valence-electron chi connectivity index (χ2n) is 7.88. The normalized spacial score (nSPS) is 29.5. The molecule has 3 heteroatoms. The zero-order valence-electron chi connectivity index (χ0n) is 13.6.